The quantitative estimate of drug-likeness (QED) is 0.866. The second-order valence-corrected chi connectivity index (χ2v) is 6.29. The Bertz CT molecular complexity index is 740. The van der Waals surface area contributed by atoms with E-state index >= 15 is 0 Å². The number of nitrogens with zero attached hydrogens (tertiary/aromatic N) is 2. The predicted molar refractivity (Wildman–Crippen MR) is 83.7 cm³/mol. The Morgan fingerprint density at radius 2 is 2.05 bits per heavy atom. The van der Waals surface area contributed by atoms with Gasteiger partial charge in [0.05, 0.1) is 0 Å². The maximum absolute atomic E-state index is 9.93. The van der Waals surface area contributed by atoms with Crippen LogP contribution < -0.4 is 0 Å². The molecular formula is C16H13ClN2OS. The molecule has 3 rings (SSSR count). The van der Waals surface area contributed by atoms with Gasteiger partial charge in [-0.2, -0.15) is 5.26 Å². The molecule has 1 aromatic heterocycles. The van der Waals surface area contributed by atoms with Gasteiger partial charge >= 0.3 is 0 Å². The molecule has 1 aliphatic carbocycles. The fraction of sp³-hybridized carbons (Fsp3) is 0.250. The van der Waals surface area contributed by atoms with Crippen LogP contribution in [0, 0.1) is 11.3 Å². The Balaban J connectivity index is 1.91. The lowest BCUT2D eigenvalue weighted by Gasteiger charge is -2.10. The summed E-state index contributed by atoms with van der Waals surface area (Å²) in [5.74, 6) is 0.546. The smallest absolute Gasteiger partial charge is 0.230 e. The van der Waals surface area contributed by atoms with Gasteiger partial charge in [0, 0.05) is 10.8 Å². The van der Waals surface area contributed by atoms with Crippen LogP contribution in [0.4, 0.5) is 0 Å². The van der Waals surface area contributed by atoms with Crippen LogP contribution in [0.2, 0.25) is 5.02 Å². The first-order chi connectivity index (χ1) is 10.2. The molecule has 1 aromatic carbocycles. The number of hydrogen-bond acceptors (Lipinski definition) is 4. The molecule has 0 saturated heterocycles. The maximum atomic E-state index is 9.93. The van der Waals surface area contributed by atoms with E-state index in [2.05, 4.69) is 11.1 Å². The van der Waals surface area contributed by atoms with Crippen molar-refractivity contribution in [1.82, 2.24) is 4.98 Å². The number of halogens is 1. The second kappa shape index (κ2) is 5.97. The molecule has 0 bridgehead atoms. The van der Waals surface area contributed by atoms with E-state index in [4.69, 9.17) is 16.9 Å². The van der Waals surface area contributed by atoms with Crippen molar-refractivity contribution in [1.29, 1.82) is 5.26 Å². The minimum atomic E-state index is -0.153. The monoisotopic (exact) mass is 316 g/mol. The van der Waals surface area contributed by atoms with Gasteiger partial charge in [-0.05, 0) is 42.0 Å². The number of thioether (sulfide) groups is 1. The van der Waals surface area contributed by atoms with Crippen LogP contribution in [0.3, 0.4) is 0 Å². The molecule has 0 unspecified atom stereocenters. The lowest BCUT2D eigenvalue weighted by atomic mass is 10.1. The lowest BCUT2D eigenvalue weighted by Crippen LogP contribution is -1.97. The summed E-state index contributed by atoms with van der Waals surface area (Å²) in [6, 6.07) is 9.77. The SMILES string of the molecule is N#Cc1c(O)nc(SCc2ccccc2Cl)c2c1CCC2. The first-order valence-electron chi connectivity index (χ1n) is 6.71. The Morgan fingerprint density at radius 1 is 1.29 bits per heavy atom. The minimum absolute atomic E-state index is 0.153. The van der Waals surface area contributed by atoms with Crippen LogP contribution in [-0.2, 0) is 18.6 Å². The summed E-state index contributed by atoms with van der Waals surface area (Å²) in [5, 5.41) is 20.6. The summed E-state index contributed by atoms with van der Waals surface area (Å²) < 4.78 is 0. The highest BCUT2D eigenvalue weighted by molar-refractivity contribution is 7.98. The van der Waals surface area contributed by atoms with Crippen molar-refractivity contribution in [3.05, 3.63) is 51.5 Å². The van der Waals surface area contributed by atoms with Crippen molar-refractivity contribution >= 4 is 23.4 Å². The van der Waals surface area contributed by atoms with Gasteiger partial charge in [0.25, 0.3) is 0 Å². The van der Waals surface area contributed by atoms with Gasteiger partial charge in [0.1, 0.15) is 16.7 Å². The fourth-order valence-electron chi connectivity index (χ4n) is 2.61. The first-order valence-corrected chi connectivity index (χ1v) is 8.08. The van der Waals surface area contributed by atoms with E-state index in [9.17, 15) is 5.11 Å². The van der Waals surface area contributed by atoms with Gasteiger partial charge in [-0.3, -0.25) is 0 Å². The third-order valence-corrected chi connectivity index (χ3v) is 5.08. The van der Waals surface area contributed by atoms with Crippen LogP contribution in [-0.4, -0.2) is 10.1 Å². The van der Waals surface area contributed by atoms with Gasteiger partial charge in [-0.25, -0.2) is 4.98 Å². The fourth-order valence-corrected chi connectivity index (χ4v) is 3.98. The predicted octanol–water partition coefficient (Wildman–Crippen LogP) is 4.09. The van der Waals surface area contributed by atoms with Crippen LogP contribution in [0.15, 0.2) is 29.3 Å². The lowest BCUT2D eigenvalue weighted by molar-refractivity contribution is 0.445. The molecule has 5 heteroatoms. The third-order valence-electron chi connectivity index (χ3n) is 3.64. The molecule has 1 aliphatic rings. The molecule has 1 heterocycles. The van der Waals surface area contributed by atoms with Crippen molar-refractivity contribution < 1.29 is 5.11 Å². The molecule has 0 saturated carbocycles. The zero-order valence-corrected chi connectivity index (χ0v) is 12.8. The highest BCUT2D eigenvalue weighted by Gasteiger charge is 2.23. The van der Waals surface area contributed by atoms with Crippen molar-refractivity contribution in [3.8, 4) is 11.9 Å². The number of rotatable bonds is 3. The van der Waals surface area contributed by atoms with Crippen molar-refractivity contribution in [3.63, 3.8) is 0 Å². The van der Waals surface area contributed by atoms with Gasteiger partial charge in [0.2, 0.25) is 5.88 Å². The van der Waals surface area contributed by atoms with Crippen molar-refractivity contribution in [2.75, 3.05) is 0 Å². The highest BCUT2D eigenvalue weighted by Crippen LogP contribution is 2.37. The summed E-state index contributed by atoms with van der Waals surface area (Å²) in [6.45, 7) is 0. The Labute approximate surface area is 132 Å². The largest absolute Gasteiger partial charge is 0.492 e. The van der Waals surface area contributed by atoms with E-state index in [1.807, 2.05) is 24.3 Å². The number of benzene rings is 1. The zero-order valence-electron chi connectivity index (χ0n) is 11.3. The molecule has 0 aliphatic heterocycles. The van der Waals surface area contributed by atoms with Gasteiger partial charge in [-0.15, -0.1) is 11.8 Å². The summed E-state index contributed by atoms with van der Waals surface area (Å²) >= 11 is 7.72. The van der Waals surface area contributed by atoms with Crippen LogP contribution in [0.1, 0.15) is 28.7 Å². The van der Waals surface area contributed by atoms with Crippen molar-refractivity contribution in [2.45, 2.75) is 30.0 Å². The molecule has 0 amide bonds. The van der Waals surface area contributed by atoms with Gasteiger partial charge < -0.3 is 5.11 Å². The van der Waals surface area contributed by atoms with Crippen molar-refractivity contribution in [2.24, 2.45) is 0 Å². The topological polar surface area (TPSA) is 56.9 Å². The van der Waals surface area contributed by atoms with E-state index in [1.54, 1.807) is 11.8 Å². The molecular weight excluding hydrogens is 304 g/mol. The molecule has 21 heavy (non-hydrogen) atoms. The molecule has 0 fully saturated rings. The average molecular weight is 317 g/mol. The Hall–Kier alpha value is -1.70. The van der Waals surface area contributed by atoms with E-state index in [-0.39, 0.29) is 5.88 Å². The van der Waals surface area contributed by atoms with E-state index in [0.29, 0.717) is 11.3 Å². The molecule has 1 N–H and O–H groups in total. The van der Waals surface area contributed by atoms with Gasteiger partial charge in [0.15, 0.2) is 0 Å². The Kier molecular flexibility index (Phi) is 4.05. The Morgan fingerprint density at radius 3 is 2.81 bits per heavy atom. The molecule has 0 spiro atoms. The molecule has 0 radical (unpaired) electrons. The number of hydrogen-bond donors (Lipinski definition) is 1. The molecule has 2 aromatic rings. The number of aromatic hydroxyl groups is 1. The summed E-state index contributed by atoms with van der Waals surface area (Å²) in [4.78, 5) is 4.21. The number of nitriles is 1. The average Bonchev–Trinajstić information content (AvgIpc) is 2.95. The molecule has 106 valence electrons. The van der Waals surface area contributed by atoms with Crippen LogP contribution in [0.5, 0.6) is 5.88 Å². The standard InChI is InChI=1S/C16H13ClN2OS/c17-14-7-2-1-4-10(14)9-21-16-12-6-3-5-11(12)13(8-18)15(20)19-16/h1-2,4,7H,3,5-6,9H2,(H,19,20). The van der Waals surface area contributed by atoms with Crippen LogP contribution in [0.25, 0.3) is 0 Å². The minimum Gasteiger partial charge on any atom is -0.492 e. The second-order valence-electron chi connectivity index (χ2n) is 4.92. The van der Waals surface area contributed by atoms with E-state index in [1.165, 1.54) is 0 Å². The van der Waals surface area contributed by atoms with E-state index in [0.717, 1.165) is 46.0 Å². The number of pyridine rings is 1. The molecule has 0 atom stereocenters. The van der Waals surface area contributed by atoms with Crippen LogP contribution >= 0.6 is 23.4 Å². The summed E-state index contributed by atoms with van der Waals surface area (Å²) in [5.41, 5.74) is 3.46. The summed E-state index contributed by atoms with van der Waals surface area (Å²) in [7, 11) is 0. The highest BCUT2D eigenvalue weighted by atomic mass is 35.5. The molecule has 3 nitrogen and oxygen atoms in total. The number of aromatic nitrogens is 1. The maximum Gasteiger partial charge on any atom is 0.230 e. The first kappa shape index (κ1) is 14.2. The van der Waals surface area contributed by atoms with E-state index < -0.39 is 0 Å². The third kappa shape index (κ3) is 2.72. The van der Waals surface area contributed by atoms with Gasteiger partial charge in [-0.1, -0.05) is 29.8 Å². The zero-order chi connectivity index (χ0) is 14.8. The summed E-state index contributed by atoms with van der Waals surface area (Å²) in [6.07, 6.45) is 2.77. The normalized spacial score (nSPS) is 13.0. The number of fused-ring (bicyclic) bond motifs is 1.